The molecule has 1 saturated heterocycles. The number of carbonyl (C=O) groups excluding carboxylic acids is 2. The summed E-state index contributed by atoms with van der Waals surface area (Å²) in [4.78, 5) is 28.6. The molecule has 212 valence electrons. The zero-order valence-electron chi connectivity index (χ0n) is 22.6. The Labute approximate surface area is 235 Å². The van der Waals surface area contributed by atoms with Gasteiger partial charge in [0.2, 0.25) is 12.5 Å². The van der Waals surface area contributed by atoms with Gasteiger partial charge in [0.25, 0.3) is 11.7 Å². The van der Waals surface area contributed by atoms with Gasteiger partial charge in [-0.25, -0.2) is 0 Å². The first-order chi connectivity index (χ1) is 19.9. The highest BCUT2D eigenvalue weighted by molar-refractivity contribution is 6.46. The lowest BCUT2D eigenvalue weighted by atomic mass is 9.94. The van der Waals surface area contributed by atoms with E-state index in [1.165, 1.54) is 26.2 Å². The van der Waals surface area contributed by atoms with Crippen molar-refractivity contribution in [2.24, 2.45) is 0 Å². The van der Waals surface area contributed by atoms with Crippen LogP contribution in [0, 0.1) is 0 Å². The number of aliphatic hydroxyl groups is 1. The van der Waals surface area contributed by atoms with Crippen molar-refractivity contribution in [3.05, 3.63) is 70.8 Å². The van der Waals surface area contributed by atoms with E-state index in [9.17, 15) is 14.7 Å². The van der Waals surface area contributed by atoms with Crippen LogP contribution in [0.3, 0.4) is 0 Å². The van der Waals surface area contributed by atoms with E-state index in [2.05, 4.69) is 0 Å². The summed E-state index contributed by atoms with van der Waals surface area (Å²) in [6.45, 7) is 0.901. The number of hydrogen-bond acceptors (Lipinski definition) is 10. The van der Waals surface area contributed by atoms with Crippen LogP contribution in [-0.4, -0.2) is 63.0 Å². The summed E-state index contributed by atoms with van der Waals surface area (Å²) < 4.78 is 38.7. The third-order valence-corrected chi connectivity index (χ3v) is 7.15. The third-order valence-electron chi connectivity index (χ3n) is 7.15. The van der Waals surface area contributed by atoms with Gasteiger partial charge in [0, 0.05) is 12.1 Å². The predicted molar refractivity (Wildman–Crippen MR) is 144 cm³/mol. The van der Waals surface area contributed by atoms with Crippen LogP contribution in [0.4, 0.5) is 0 Å². The first-order valence-electron chi connectivity index (χ1n) is 12.8. The van der Waals surface area contributed by atoms with Crippen molar-refractivity contribution in [1.82, 2.24) is 4.90 Å². The Kier molecular flexibility index (Phi) is 6.70. The molecule has 0 radical (unpaired) electrons. The fourth-order valence-corrected chi connectivity index (χ4v) is 5.23. The number of likely N-dealkylation sites (tertiary alicyclic amines) is 1. The Balaban J connectivity index is 1.51. The molecule has 3 aliphatic rings. The van der Waals surface area contributed by atoms with E-state index in [1.54, 1.807) is 48.5 Å². The number of Topliss-reactive ketones (excluding diaryl/α,β-unsaturated/α-hetero) is 1. The fraction of sp³-hybridized carbons (Fsp3) is 0.267. The molecule has 0 aliphatic carbocycles. The highest BCUT2D eigenvalue weighted by atomic mass is 16.7. The zero-order valence-corrected chi connectivity index (χ0v) is 22.6. The van der Waals surface area contributed by atoms with Crippen molar-refractivity contribution in [3.63, 3.8) is 0 Å². The van der Waals surface area contributed by atoms with Crippen molar-refractivity contribution in [2.75, 3.05) is 41.3 Å². The maximum Gasteiger partial charge on any atom is 0.295 e. The highest BCUT2D eigenvalue weighted by Gasteiger charge is 2.47. The molecule has 1 atom stereocenters. The Morgan fingerprint density at radius 1 is 0.829 bits per heavy atom. The van der Waals surface area contributed by atoms with E-state index in [4.69, 9.17) is 33.2 Å². The van der Waals surface area contributed by atoms with Crippen LogP contribution in [0.5, 0.6) is 40.2 Å². The number of ether oxygens (including phenoxy) is 7. The summed E-state index contributed by atoms with van der Waals surface area (Å²) in [7, 11) is 4.42. The summed E-state index contributed by atoms with van der Waals surface area (Å²) >= 11 is 0. The number of fused-ring (bicyclic) bond motifs is 2. The average molecular weight is 562 g/mol. The molecule has 0 unspecified atom stereocenters. The summed E-state index contributed by atoms with van der Waals surface area (Å²) in [5, 5.41) is 11.6. The SMILES string of the molecule is COc1cc([C@@H]2C(=C(O)c3ccc4c(c3)OCCO4)C(=O)C(=O)N2Cc2ccc3c(c2)OCO3)cc(OC)c1OC. The molecule has 3 aromatic carbocycles. The fourth-order valence-electron chi connectivity index (χ4n) is 5.23. The van der Waals surface area contributed by atoms with E-state index >= 15 is 0 Å². The molecule has 1 fully saturated rings. The largest absolute Gasteiger partial charge is 0.507 e. The van der Waals surface area contributed by atoms with E-state index in [-0.39, 0.29) is 24.7 Å². The molecule has 3 aliphatic heterocycles. The lowest BCUT2D eigenvalue weighted by molar-refractivity contribution is -0.140. The predicted octanol–water partition coefficient (Wildman–Crippen LogP) is 3.83. The molecule has 0 saturated carbocycles. The van der Waals surface area contributed by atoms with Crippen LogP contribution in [-0.2, 0) is 16.1 Å². The van der Waals surface area contributed by atoms with E-state index in [0.29, 0.717) is 70.2 Å². The smallest absolute Gasteiger partial charge is 0.295 e. The van der Waals surface area contributed by atoms with Crippen LogP contribution < -0.4 is 33.2 Å². The molecule has 41 heavy (non-hydrogen) atoms. The minimum absolute atomic E-state index is 0.0421. The minimum Gasteiger partial charge on any atom is -0.507 e. The highest BCUT2D eigenvalue weighted by Crippen LogP contribution is 2.47. The number of methoxy groups -OCH3 is 3. The van der Waals surface area contributed by atoms with Crippen LogP contribution in [0.25, 0.3) is 5.76 Å². The number of aliphatic hydroxyl groups excluding tert-OH is 1. The summed E-state index contributed by atoms with van der Waals surface area (Å²) in [5.74, 6) is 1.12. The lowest BCUT2D eigenvalue weighted by Crippen LogP contribution is -2.29. The summed E-state index contributed by atoms with van der Waals surface area (Å²) in [5.41, 5.74) is 1.38. The van der Waals surface area contributed by atoms with Crippen LogP contribution in [0.15, 0.2) is 54.1 Å². The molecular formula is C30H27NO10. The summed E-state index contributed by atoms with van der Waals surface area (Å²) in [6.07, 6.45) is 0. The second-order valence-electron chi connectivity index (χ2n) is 9.43. The Hall–Kier alpha value is -5.06. The van der Waals surface area contributed by atoms with Crippen LogP contribution in [0.2, 0.25) is 0 Å². The number of rotatable bonds is 7. The second-order valence-corrected chi connectivity index (χ2v) is 9.43. The first kappa shape index (κ1) is 26.2. The van der Waals surface area contributed by atoms with Gasteiger partial charge in [-0.3, -0.25) is 9.59 Å². The third kappa shape index (κ3) is 4.48. The first-order valence-corrected chi connectivity index (χ1v) is 12.8. The standard InChI is InChI=1S/C30H27NO10/c1-35-23-12-18(13-24(36-2)29(23)37-3)26-25(27(32)17-5-7-19-22(11-17)39-9-8-38-19)28(33)30(34)31(26)14-16-4-6-20-21(10-16)41-15-40-20/h4-7,10-13,26,32H,8-9,14-15H2,1-3H3/t26-/m1/s1. The number of nitrogens with zero attached hydrogens (tertiary/aromatic N) is 1. The van der Waals surface area contributed by atoms with Gasteiger partial charge in [0.1, 0.15) is 19.0 Å². The van der Waals surface area contributed by atoms with Crippen molar-refractivity contribution < 1.29 is 47.9 Å². The maximum atomic E-state index is 13.6. The summed E-state index contributed by atoms with van der Waals surface area (Å²) in [6, 6.07) is 12.5. The van der Waals surface area contributed by atoms with Gasteiger partial charge in [-0.1, -0.05) is 6.07 Å². The van der Waals surface area contributed by atoms with Gasteiger partial charge in [-0.15, -0.1) is 0 Å². The lowest BCUT2D eigenvalue weighted by Gasteiger charge is -2.27. The number of carbonyl (C=O) groups is 2. The normalized spacial score (nSPS) is 18.4. The average Bonchev–Trinajstić information content (AvgIpc) is 3.57. The number of ketones is 1. The van der Waals surface area contributed by atoms with E-state index in [0.717, 1.165) is 0 Å². The molecule has 6 rings (SSSR count). The minimum atomic E-state index is -0.998. The van der Waals surface area contributed by atoms with Crippen molar-refractivity contribution in [1.29, 1.82) is 0 Å². The van der Waals surface area contributed by atoms with E-state index in [1.807, 2.05) is 0 Å². The molecular weight excluding hydrogens is 534 g/mol. The van der Waals surface area contributed by atoms with E-state index < -0.39 is 17.7 Å². The number of hydrogen-bond donors (Lipinski definition) is 1. The molecule has 3 aromatic rings. The molecule has 0 bridgehead atoms. The topological polar surface area (TPSA) is 122 Å². The maximum absolute atomic E-state index is 13.6. The molecule has 1 amide bonds. The van der Waals surface area contributed by atoms with Crippen molar-refractivity contribution in [2.45, 2.75) is 12.6 Å². The number of benzene rings is 3. The van der Waals surface area contributed by atoms with Crippen molar-refractivity contribution in [3.8, 4) is 40.2 Å². The van der Waals surface area contributed by atoms with Gasteiger partial charge in [0.05, 0.1) is 32.9 Å². The zero-order chi connectivity index (χ0) is 28.7. The quantitative estimate of drug-likeness (QED) is 0.259. The molecule has 1 N–H and O–H groups in total. The Morgan fingerprint density at radius 2 is 1.46 bits per heavy atom. The van der Waals surface area contributed by atoms with Crippen molar-refractivity contribution >= 4 is 17.4 Å². The van der Waals surface area contributed by atoms with Gasteiger partial charge in [-0.2, -0.15) is 0 Å². The molecule has 11 nitrogen and oxygen atoms in total. The molecule has 11 heteroatoms. The van der Waals surface area contributed by atoms with Gasteiger partial charge >= 0.3 is 0 Å². The van der Waals surface area contributed by atoms with Crippen LogP contribution >= 0.6 is 0 Å². The van der Waals surface area contributed by atoms with Gasteiger partial charge < -0.3 is 43.2 Å². The monoisotopic (exact) mass is 561 g/mol. The van der Waals surface area contributed by atoms with Gasteiger partial charge in [-0.05, 0) is 53.6 Å². The Bertz CT molecular complexity index is 1550. The van der Waals surface area contributed by atoms with Crippen LogP contribution in [0.1, 0.15) is 22.7 Å². The van der Waals surface area contributed by atoms with Gasteiger partial charge in [0.15, 0.2) is 34.5 Å². The molecule has 0 aromatic heterocycles. The molecule has 3 heterocycles. The molecule has 0 spiro atoms. The second kappa shape index (κ2) is 10.5. The Morgan fingerprint density at radius 3 is 2.17 bits per heavy atom. The number of amides is 1.